The summed E-state index contributed by atoms with van der Waals surface area (Å²) in [7, 11) is -3.00. The van der Waals surface area contributed by atoms with E-state index in [0.29, 0.717) is 5.75 Å². The summed E-state index contributed by atoms with van der Waals surface area (Å²) in [6.07, 6.45) is -3.05. The highest BCUT2D eigenvalue weighted by Gasteiger charge is 2.58. The second-order valence-electron chi connectivity index (χ2n) is 7.36. The average Bonchev–Trinajstić information content (AvgIpc) is 3.03. The number of nitrogens with zero attached hydrogens (tertiary/aromatic N) is 1. The Balaban J connectivity index is 1.92. The number of piperidine rings is 1. The molecule has 2 aliphatic heterocycles. The molecule has 3 rings (SSSR count). The van der Waals surface area contributed by atoms with Crippen LogP contribution in [-0.4, -0.2) is 74.2 Å². The van der Waals surface area contributed by atoms with E-state index < -0.39 is 46.1 Å². The molecule has 0 bridgehead atoms. The molecule has 1 aromatic rings. The molecule has 1 aromatic carbocycles. The maximum atomic E-state index is 13.3. The normalized spacial score (nSPS) is 28.2. The van der Waals surface area contributed by atoms with Crippen LogP contribution in [0.3, 0.4) is 0 Å². The molecule has 9 nitrogen and oxygen atoms in total. The fraction of sp³-hybridized carbons (Fsp3) is 0.550. The van der Waals surface area contributed by atoms with Crippen molar-refractivity contribution in [1.82, 2.24) is 4.31 Å². The number of sulfonamides is 1. The number of hydrogen-bond acceptors (Lipinski definition) is 8. The molecular formula is C20H25NO8S. The van der Waals surface area contributed by atoms with Gasteiger partial charge in [0.1, 0.15) is 24.6 Å². The van der Waals surface area contributed by atoms with Crippen LogP contribution < -0.4 is 4.74 Å². The summed E-state index contributed by atoms with van der Waals surface area (Å²) in [6, 6.07) is 4.43. The lowest BCUT2D eigenvalue weighted by Gasteiger charge is -2.40. The minimum Gasteiger partial charge on any atom is -0.481 e. The third kappa shape index (κ3) is 4.31. The van der Waals surface area contributed by atoms with Gasteiger partial charge in [-0.15, -0.1) is 5.92 Å². The largest absolute Gasteiger partial charge is 0.481 e. The van der Waals surface area contributed by atoms with E-state index in [1.54, 1.807) is 20.8 Å². The van der Waals surface area contributed by atoms with Crippen molar-refractivity contribution < 1.29 is 37.3 Å². The van der Waals surface area contributed by atoms with Crippen LogP contribution in [0.5, 0.6) is 5.75 Å². The van der Waals surface area contributed by atoms with E-state index in [9.17, 15) is 18.3 Å². The summed E-state index contributed by atoms with van der Waals surface area (Å²) in [5.41, 5.74) is 0. The van der Waals surface area contributed by atoms with Gasteiger partial charge in [0.05, 0.1) is 18.1 Å². The summed E-state index contributed by atoms with van der Waals surface area (Å²) in [6.45, 7) is 4.79. The number of β-amino-alcohol motifs (C(OH)–C–C–N with tert-alkyl or cyclic N) is 1. The minimum absolute atomic E-state index is 0.0610. The van der Waals surface area contributed by atoms with Gasteiger partial charge in [0.2, 0.25) is 10.0 Å². The lowest BCUT2D eigenvalue weighted by atomic mass is 9.96. The molecule has 0 unspecified atom stereocenters. The van der Waals surface area contributed by atoms with Crippen LogP contribution in [0.1, 0.15) is 20.8 Å². The summed E-state index contributed by atoms with van der Waals surface area (Å²) >= 11 is 0. The van der Waals surface area contributed by atoms with Gasteiger partial charge in [-0.3, -0.25) is 4.79 Å². The Labute approximate surface area is 175 Å². The number of esters is 1. The fourth-order valence-corrected chi connectivity index (χ4v) is 5.18. The number of carbonyl (C=O) groups is 1. The van der Waals surface area contributed by atoms with E-state index in [1.807, 2.05) is 0 Å². The third-order valence-corrected chi connectivity index (χ3v) is 6.75. The van der Waals surface area contributed by atoms with E-state index in [0.717, 1.165) is 4.31 Å². The van der Waals surface area contributed by atoms with Crippen molar-refractivity contribution in [3.05, 3.63) is 24.3 Å². The molecule has 10 heteroatoms. The zero-order valence-corrected chi connectivity index (χ0v) is 18.0. The smallest absolute Gasteiger partial charge is 0.327 e. The number of rotatable bonds is 5. The molecule has 0 radical (unpaired) electrons. The second kappa shape index (κ2) is 8.53. The summed E-state index contributed by atoms with van der Waals surface area (Å²) in [4.78, 5) is 12.5. The zero-order valence-electron chi connectivity index (χ0n) is 17.2. The van der Waals surface area contributed by atoms with Gasteiger partial charge >= 0.3 is 5.97 Å². The quantitative estimate of drug-likeness (QED) is 0.522. The minimum atomic E-state index is -4.16. The second-order valence-corrected chi connectivity index (χ2v) is 9.25. The Morgan fingerprint density at radius 2 is 1.90 bits per heavy atom. The molecule has 0 spiro atoms. The van der Waals surface area contributed by atoms with Crippen molar-refractivity contribution in [2.75, 3.05) is 20.3 Å². The Kier molecular flexibility index (Phi) is 6.40. The number of methoxy groups -OCH3 is 1. The van der Waals surface area contributed by atoms with Gasteiger partial charge in [-0.05, 0) is 45.0 Å². The Morgan fingerprint density at radius 3 is 2.50 bits per heavy atom. The molecule has 4 atom stereocenters. The Bertz CT molecular complexity index is 947. The summed E-state index contributed by atoms with van der Waals surface area (Å²) in [5.74, 6) is 4.03. The molecule has 0 aromatic heterocycles. The lowest BCUT2D eigenvalue weighted by Crippen LogP contribution is -2.64. The number of benzene rings is 1. The number of fused-ring (bicyclic) bond motifs is 1. The average molecular weight is 439 g/mol. The molecule has 2 fully saturated rings. The molecule has 2 aliphatic rings. The summed E-state index contributed by atoms with van der Waals surface area (Å²) in [5, 5.41) is 10.5. The first-order valence-corrected chi connectivity index (χ1v) is 10.8. The van der Waals surface area contributed by atoms with E-state index in [2.05, 4.69) is 11.8 Å². The van der Waals surface area contributed by atoms with Gasteiger partial charge in [0.25, 0.3) is 0 Å². The maximum absolute atomic E-state index is 13.3. The number of aliphatic hydroxyl groups excluding tert-OH is 1. The number of ether oxygens (including phenoxy) is 4. The maximum Gasteiger partial charge on any atom is 0.327 e. The van der Waals surface area contributed by atoms with Gasteiger partial charge in [-0.1, -0.05) is 5.92 Å². The Hall–Kier alpha value is -2.16. The van der Waals surface area contributed by atoms with Gasteiger partial charge in [0.15, 0.2) is 11.8 Å². The van der Waals surface area contributed by atoms with E-state index >= 15 is 0 Å². The molecule has 1 N–H and O–H groups in total. The van der Waals surface area contributed by atoms with Crippen LogP contribution >= 0.6 is 0 Å². The molecule has 30 heavy (non-hydrogen) atoms. The first kappa shape index (κ1) is 22.5. The van der Waals surface area contributed by atoms with Crippen LogP contribution in [0.25, 0.3) is 0 Å². The van der Waals surface area contributed by atoms with Crippen molar-refractivity contribution in [2.24, 2.45) is 0 Å². The van der Waals surface area contributed by atoms with Gasteiger partial charge < -0.3 is 24.1 Å². The standard InChI is InChI=1S/C20H25NO8S/c1-5-6-11-27-13-7-9-14(10-8-13)30(24,25)21-12-15(22)17-18(16(21)19(23)26-4)29-20(2,3)28-17/h7-10,15-18,22H,11-12H2,1-4H3/t15-,16+,17-,18-/m0/s1. The first-order chi connectivity index (χ1) is 14.1. The van der Waals surface area contributed by atoms with Crippen LogP contribution in [0, 0.1) is 11.8 Å². The van der Waals surface area contributed by atoms with Gasteiger partial charge in [0, 0.05) is 6.54 Å². The van der Waals surface area contributed by atoms with Crippen LogP contribution in [0.15, 0.2) is 29.2 Å². The van der Waals surface area contributed by atoms with Crippen molar-refractivity contribution in [2.45, 2.75) is 55.8 Å². The molecule has 2 saturated heterocycles. The fourth-order valence-electron chi connectivity index (χ4n) is 3.58. The zero-order chi connectivity index (χ0) is 22.1. The topological polar surface area (TPSA) is 112 Å². The van der Waals surface area contributed by atoms with E-state index in [4.69, 9.17) is 18.9 Å². The monoisotopic (exact) mass is 439 g/mol. The number of aliphatic hydroxyl groups is 1. The SMILES string of the molecule is CC#CCOc1ccc(S(=O)(=O)N2C[C@H](O)[C@@H]3OC(C)(C)O[C@H]3[C@@H]2C(=O)OC)cc1. The van der Waals surface area contributed by atoms with E-state index in [-0.39, 0.29) is 18.0 Å². The number of carbonyl (C=O) groups excluding carboxylic acids is 1. The number of hydrogen-bond donors (Lipinski definition) is 1. The molecule has 0 aliphatic carbocycles. The molecule has 0 saturated carbocycles. The van der Waals surface area contributed by atoms with E-state index in [1.165, 1.54) is 31.4 Å². The highest BCUT2D eigenvalue weighted by molar-refractivity contribution is 7.89. The van der Waals surface area contributed by atoms with Gasteiger partial charge in [-0.25, -0.2) is 8.42 Å². The van der Waals surface area contributed by atoms with Crippen molar-refractivity contribution >= 4 is 16.0 Å². The van der Waals surface area contributed by atoms with Crippen molar-refractivity contribution in [1.29, 1.82) is 0 Å². The summed E-state index contributed by atoms with van der Waals surface area (Å²) < 4.78 is 49.3. The Morgan fingerprint density at radius 1 is 1.27 bits per heavy atom. The third-order valence-electron chi connectivity index (χ3n) is 4.89. The highest BCUT2D eigenvalue weighted by Crippen LogP contribution is 2.39. The van der Waals surface area contributed by atoms with Crippen LogP contribution in [0.2, 0.25) is 0 Å². The van der Waals surface area contributed by atoms with Crippen molar-refractivity contribution in [3.8, 4) is 17.6 Å². The highest BCUT2D eigenvalue weighted by atomic mass is 32.2. The molecule has 164 valence electrons. The predicted octanol–water partition coefficient (Wildman–Crippen LogP) is 0.516. The molecular weight excluding hydrogens is 414 g/mol. The van der Waals surface area contributed by atoms with Crippen molar-refractivity contribution in [3.63, 3.8) is 0 Å². The van der Waals surface area contributed by atoms with Crippen LogP contribution in [-0.2, 0) is 29.0 Å². The molecule has 0 amide bonds. The van der Waals surface area contributed by atoms with Gasteiger partial charge in [-0.2, -0.15) is 4.31 Å². The first-order valence-electron chi connectivity index (χ1n) is 9.36. The molecule has 2 heterocycles. The van der Waals surface area contributed by atoms with Crippen LogP contribution in [0.4, 0.5) is 0 Å². The predicted molar refractivity (Wildman–Crippen MR) is 105 cm³/mol. The lowest BCUT2D eigenvalue weighted by molar-refractivity contribution is -0.160.